The van der Waals surface area contributed by atoms with Crippen LogP contribution in [0.5, 0.6) is 0 Å². The summed E-state index contributed by atoms with van der Waals surface area (Å²) in [5.74, 6) is -0.0936. The van der Waals surface area contributed by atoms with Crippen LogP contribution in [0, 0.1) is 5.82 Å². The molecule has 1 fully saturated rings. The number of urea groups is 1. The molecule has 29 heavy (non-hydrogen) atoms. The molecule has 8 nitrogen and oxygen atoms in total. The van der Waals surface area contributed by atoms with Crippen molar-refractivity contribution >= 4 is 21.9 Å². The molecule has 0 bridgehead atoms. The molecule has 10 heteroatoms. The minimum absolute atomic E-state index is 0.0919. The van der Waals surface area contributed by atoms with Crippen molar-refractivity contribution in [3.8, 4) is 11.3 Å². The van der Waals surface area contributed by atoms with Gasteiger partial charge in [-0.05, 0) is 25.0 Å². The predicted octanol–water partition coefficient (Wildman–Crippen LogP) is 2.68. The molecule has 0 radical (unpaired) electrons. The minimum atomic E-state index is -3.43. The van der Waals surface area contributed by atoms with E-state index in [1.165, 1.54) is 28.8 Å². The number of anilines is 1. The second-order valence-corrected chi connectivity index (χ2v) is 8.56. The Morgan fingerprint density at radius 2 is 2.03 bits per heavy atom. The summed E-state index contributed by atoms with van der Waals surface area (Å²) in [5.41, 5.74) is 1.08. The lowest BCUT2D eigenvalue weighted by Crippen LogP contribution is -2.48. The van der Waals surface area contributed by atoms with E-state index in [2.05, 4.69) is 21.9 Å². The van der Waals surface area contributed by atoms with Crippen LogP contribution < -0.4 is 5.32 Å². The van der Waals surface area contributed by atoms with E-state index in [-0.39, 0.29) is 23.7 Å². The summed E-state index contributed by atoms with van der Waals surface area (Å²) in [5, 5.41) is 3.61. The molecule has 0 unspecified atom stereocenters. The monoisotopic (exact) mass is 419 g/mol. The van der Waals surface area contributed by atoms with Crippen molar-refractivity contribution in [2.45, 2.75) is 18.9 Å². The van der Waals surface area contributed by atoms with Gasteiger partial charge in [0, 0.05) is 37.2 Å². The zero-order valence-electron chi connectivity index (χ0n) is 16.0. The van der Waals surface area contributed by atoms with Gasteiger partial charge in [0.2, 0.25) is 10.0 Å². The zero-order chi connectivity index (χ0) is 21.0. The zero-order valence-corrected chi connectivity index (χ0v) is 16.8. The maximum absolute atomic E-state index is 13.3. The third-order valence-electron chi connectivity index (χ3n) is 4.87. The summed E-state index contributed by atoms with van der Waals surface area (Å²) in [7, 11) is -1.77. The van der Waals surface area contributed by atoms with Gasteiger partial charge in [0.05, 0.1) is 18.1 Å². The van der Waals surface area contributed by atoms with Gasteiger partial charge in [-0.15, -0.1) is 0 Å². The highest BCUT2D eigenvalue weighted by Gasteiger charge is 2.29. The molecule has 1 aromatic heterocycles. The molecule has 0 spiro atoms. The molecule has 1 aliphatic heterocycles. The topological polar surface area (TPSA) is 95.5 Å². The largest absolute Gasteiger partial charge is 0.324 e. The van der Waals surface area contributed by atoms with Crippen molar-refractivity contribution in [1.29, 1.82) is 0 Å². The molecule has 154 valence electrons. The van der Waals surface area contributed by atoms with E-state index >= 15 is 0 Å². The third kappa shape index (κ3) is 4.96. The second kappa shape index (κ2) is 8.66. The highest BCUT2D eigenvalue weighted by Crippen LogP contribution is 2.20. The summed E-state index contributed by atoms with van der Waals surface area (Å²) < 4.78 is 38.4. The van der Waals surface area contributed by atoms with Crippen molar-refractivity contribution in [2.75, 3.05) is 25.5 Å². The van der Waals surface area contributed by atoms with Crippen LogP contribution in [0.3, 0.4) is 0 Å². The van der Waals surface area contributed by atoms with E-state index in [4.69, 9.17) is 0 Å². The Kier molecular flexibility index (Phi) is 6.23. The SMILES string of the molecule is C=CS(=O)(=O)N1CCC(N(C)C(=O)Nc2cnc(-c3cccc(F)c3)cn2)CC1. The number of benzene rings is 1. The number of sulfonamides is 1. The first-order chi connectivity index (χ1) is 13.8. The van der Waals surface area contributed by atoms with Crippen LogP contribution in [0.2, 0.25) is 0 Å². The summed E-state index contributed by atoms with van der Waals surface area (Å²) in [4.78, 5) is 22.4. The fourth-order valence-corrected chi connectivity index (χ4v) is 4.07. The van der Waals surface area contributed by atoms with Crippen LogP contribution >= 0.6 is 0 Å². The van der Waals surface area contributed by atoms with Gasteiger partial charge >= 0.3 is 6.03 Å². The lowest BCUT2D eigenvalue weighted by molar-refractivity contribution is 0.174. The fourth-order valence-electron chi connectivity index (χ4n) is 3.14. The molecule has 1 N–H and O–H groups in total. The molecular formula is C19H22FN5O3S. The number of nitrogens with one attached hydrogen (secondary N) is 1. The Bertz CT molecular complexity index is 989. The van der Waals surface area contributed by atoms with Crippen LogP contribution in [0.25, 0.3) is 11.3 Å². The van der Waals surface area contributed by atoms with Crippen molar-refractivity contribution in [3.63, 3.8) is 0 Å². The maximum atomic E-state index is 13.3. The Balaban J connectivity index is 1.58. The third-order valence-corrected chi connectivity index (χ3v) is 6.38. The molecule has 0 aliphatic carbocycles. The number of hydrogen-bond donors (Lipinski definition) is 1. The Labute approximate surface area is 169 Å². The minimum Gasteiger partial charge on any atom is -0.324 e. The number of carbonyl (C=O) groups excluding carboxylic acids is 1. The number of carbonyl (C=O) groups is 1. The molecule has 1 aliphatic rings. The Morgan fingerprint density at radius 3 is 2.62 bits per heavy atom. The van der Waals surface area contributed by atoms with Gasteiger partial charge in [-0.25, -0.2) is 22.6 Å². The molecule has 2 aromatic rings. The first kappa shape index (κ1) is 20.9. The van der Waals surface area contributed by atoms with E-state index in [0.717, 1.165) is 5.41 Å². The number of nitrogens with zero attached hydrogens (tertiary/aromatic N) is 4. The lowest BCUT2D eigenvalue weighted by Gasteiger charge is -2.35. The Morgan fingerprint density at radius 1 is 1.31 bits per heavy atom. The van der Waals surface area contributed by atoms with Gasteiger partial charge in [0.15, 0.2) is 5.82 Å². The standard InChI is InChI=1S/C19H22FN5O3S/c1-3-29(27,28)25-9-7-16(8-10-25)24(2)19(26)23-18-13-21-17(12-22-18)14-5-4-6-15(20)11-14/h3-6,11-13,16H,1,7-10H2,2H3,(H,22,23,26). The van der Waals surface area contributed by atoms with Crippen LogP contribution in [0.1, 0.15) is 12.8 Å². The summed E-state index contributed by atoms with van der Waals surface area (Å²) in [6, 6.07) is 5.56. The Hall–Kier alpha value is -2.85. The lowest BCUT2D eigenvalue weighted by atomic mass is 10.1. The second-order valence-electron chi connectivity index (χ2n) is 6.68. The number of piperidine rings is 1. The first-order valence-corrected chi connectivity index (χ1v) is 10.5. The summed E-state index contributed by atoms with van der Waals surface area (Å²) in [6.07, 6.45) is 3.93. The summed E-state index contributed by atoms with van der Waals surface area (Å²) in [6.45, 7) is 4.00. The van der Waals surface area contributed by atoms with Gasteiger partial charge in [-0.1, -0.05) is 18.7 Å². The van der Waals surface area contributed by atoms with Crippen LogP contribution in [0.4, 0.5) is 15.0 Å². The van der Waals surface area contributed by atoms with Gasteiger partial charge in [0.25, 0.3) is 0 Å². The normalized spacial score (nSPS) is 15.7. The van der Waals surface area contributed by atoms with E-state index < -0.39 is 10.0 Å². The van der Waals surface area contributed by atoms with Gasteiger partial charge in [0.1, 0.15) is 5.82 Å². The van der Waals surface area contributed by atoms with Gasteiger partial charge < -0.3 is 4.90 Å². The smallest absolute Gasteiger partial charge is 0.323 e. The number of hydrogen-bond acceptors (Lipinski definition) is 5. The van der Waals surface area contributed by atoms with Crippen molar-refractivity contribution in [1.82, 2.24) is 19.2 Å². The quantitative estimate of drug-likeness (QED) is 0.804. The van der Waals surface area contributed by atoms with E-state index in [9.17, 15) is 17.6 Å². The molecule has 3 rings (SSSR count). The van der Waals surface area contributed by atoms with Crippen LogP contribution in [-0.2, 0) is 10.0 Å². The highest BCUT2D eigenvalue weighted by molar-refractivity contribution is 7.92. The molecule has 2 amide bonds. The molecular weight excluding hydrogens is 397 g/mol. The summed E-state index contributed by atoms with van der Waals surface area (Å²) >= 11 is 0. The average molecular weight is 419 g/mol. The van der Waals surface area contributed by atoms with E-state index in [1.807, 2.05) is 0 Å². The molecule has 1 aromatic carbocycles. The predicted molar refractivity (Wildman–Crippen MR) is 108 cm³/mol. The number of amides is 2. The van der Waals surface area contributed by atoms with Crippen molar-refractivity contribution in [2.24, 2.45) is 0 Å². The molecule has 0 atom stereocenters. The molecule has 2 heterocycles. The average Bonchev–Trinajstić information content (AvgIpc) is 2.74. The van der Waals surface area contributed by atoms with Crippen molar-refractivity contribution in [3.05, 3.63) is 54.5 Å². The van der Waals surface area contributed by atoms with E-state index in [0.29, 0.717) is 37.2 Å². The first-order valence-electron chi connectivity index (χ1n) is 9.04. The highest BCUT2D eigenvalue weighted by atomic mass is 32.2. The van der Waals surface area contributed by atoms with Gasteiger partial charge in [-0.3, -0.25) is 10.3 Å². The number of halogens is 1. The molecule has 1 saturated heterocycles. The number of aromatic nitrogens is 2. The van der Waals surface area contributed by atoms with Crippen molar-refractivity contribution < 1.29 is 17.6 Å². The van der Waals surface area contributed by atoms with Crippen LogP contribution in [-0.4, -0.2) is 59.8 Å². The van der Waals surface area contributed by atoms with Crippen LogP contribution in [0.15, 0.2) is 48.6 Å². The maximum Gasteiger partial charge on any atom is 0.323 e. The number of rotatable bonds is 5. The fraction of sp³-hybridized carbons (Fsp3) is 0.316. The molecule has 0 saturated carbocycles. The van der Waals surface area contributed by atoms with Gasteiger partial charge in [-0.2, -0.15) is 4.31 Å². The van der Waals surface area contributed by atoms with E-state index in [1.54, 1.807) is 24.1 Å².